The van der Waals surface area contributed by atoms with Gasteiger partial charge in [0.05, 0.1) is 0 Å². The van der Waals surface area contributed by atoms with Crippen molar-refractivity contribution in [3.05, 3.63) is 48.2 Å². The van der Waals surface area contributed by atoms with Crippen LogP contribution in [0.4, 0.5) is 0 Å². The first-order chi connectivity index (χ1) is 9.54. The third kappa shape index (κ3) is 5.26. The number of allylic oxidation sites excluding steroid dienone is 1. The fraction of sp³-hybridized carbons (Fsp3) is 0.375. The number of carboxylic acid groups (broad SMARTS) is 1. The maximum Gasteiger partial charge on any atom is 0.326 e. The van der Waals surface area contributed by atoms with Gasteiger partial charge in [-0.2, -0.15) is 0 Å². The average Bonchev–Trinajstić information content (AvgIpc) is 2.41. The van der Waals surface area contributed by atoms with Crippen LogP contribution < -0.4 is 0 Å². The summed E-state index contributed by atoms with van der Waals surface area (Å²) in [7, 11) is 0. The van der Waals surface area contributed by atoms with Gasteiger partial charge in [-0.3, -0.25) is 4.79 Å². The Morgan fingerprint density at radius 3 is 2.45 bits per heavy atom. The largest absolute Gasteiger partial charge is 0.480 e. The van der Waals surface area contributed by atoms with Gasteiger partial charge in [0.1, 0.15) is 12.3 Å². The summed E-state index contributed by atoms with van der Waals surface area (Å²) in [6.07, 6.45) is 4.08. The SMILES string of the molecule is CC(C)C[C@H](C(=O)O)N(C=CC=O)Cc1ccccc1. The van der Waals surface area contributed by atoms with E-state index in [4.69, 9.17) is 0 Å². The Balaban J connectivity index is 2.93. The van der Waals surface area contributed by atoms with Gasteiger partial charge in [-0.15, -0.1) is 0 Å². The van der Waals surface area contributed by atoms with Gasteiger partial charge in [-0.25, -0.2) is 4.79 Å². The van der Waals surface area contributed by atoms with Crippen LogP contribution in [0.15, 0.2) is 42.6 Å². The van der Waals surface area contributed by atoms with Crippen LogP contribution in [-0.4, -0.2) is 28.3 Å². The summed E-state index contributed by atoms with van der Waals surface area (Å²) in [5.41, 5.74) is 1.01. The molecule has 108 valence electrons. The fourth-order valence-electron chi connectivity index (χ4n) is 2.03. The molecule has 0 heterocycles. The summed E-state index contributed by atoms with van der Waals surface area (Å²) < 4.78 is 0. The maximum atomic E-state index is 11.5. The Morgan fingerprint density at radius 1 is 1.30 bits per heavy atom. The van der Waals surface area contributed by atoms with E-state index in [1.807, 2.05) is 44.2 Å². The highest BCUT2D eigenvalue weighted by Gasteiger charge is 2.24. The zero-order valence-electron chi connectivity index (χ0n) is 11.9. The van der Waals surface area contributed by atoms with Crippen LogP contribution in [0, 0.1) is 5.92 Å². The van der Waals surface area contributed by atoms with Gasteiger partial charge in [0, 0.05) is 12.7 Å². The number of benzene rings is 1. The molecular weight excluding hydrogens is 254 g/mol. The third-order valence-corrected chi connectivity index (χ3v) is 2.94. The van der Waals surface area contributed by atoms with E-state index in [-0.39, 0.29) is 5.92 Å². The van der Waals surface area contributed by atoms with Gasteiger partial charge in [0.15, 0.2) is 0 Å². The summed E-state index contributed by atoms with van der Waals surface area (Å²) in [6.45, 7) is 4.44. The minimum absolute atomic E-state index is 0.263. The second-order valence-corrected chi connectivity index (χ2v) is 5.12. The number of carboxylic acids is 1. The van der Waals surface area contributed by atoms with Gasteiger partial charge in [0.25, 0.3) is 0 Å². The van der Waals surface area contributed by atoms with Gasteiger partial charge in [-0.1, -0.05) is 44.2 Å². The molecule has 1 aromatic carbocycles. The number of carbonyl (C=O) groups excluding carboxylic acids is 1. The van der Waals surface area contributed by atoms with E-state index in [0.29, 0.717) is 19.3 Å². The first-order valence-electron chi connectivity index (χ1n) is 6.69. The molecule has 0 saturated carbocycles. The summed E-state index contributed by atoms with van der Waals surface area (Å²) >= 11 is 0. The lowest BCUT2D eigenvalue weighted by atomic mass is 10.0. The lowest BCUT2D eigenvalue weighted by Crippen LogP contribution is -2.38. The van der Waals surface area contributed by atoms with Gasteiger partial charge in [-0.05, 0) is 24.0 Å². The van der Waals surface area contributed by atoms with Crippen LogP contribution >= 0.6 is 0 Å². The lowest BCUT2D eigenvalue weighted by Gasteiger charge is -2.28. The highest BCUT2D eigenvalue weighted by atomic mass is 16.4. The van der Waals surface area contributed by atoms with Crippen molar-refractivity contribution in [1.29, 1.82) is 0 Å². The van der Waals surface area contributed by atoms with Crippen LogP contribution in [0.1, 0.15) is 25.8 Å². The van der Waals surface area contributed by atoms with Crippen LogP contribution in [0.3, 0.4) is 0 Å². The third-order valence-electron chi connectivity index (χ3n) is 2.94. The molecule has 1 aromatic rings. The predicted octanol–water partition coefficient (Wildman–Crippen LogP) is 2.70. The Hall–Kier alpha value is -2.10. The normalized spacial score (nSPS) is 12.6. The number of carbonyl (C=O) groups is 2. The topological polar surface area (TPSA) is 57.6 Å². The van der Waals surface area contributed by atoms with E-state index in [2.05, 4.69) is 0 Å². The van der Waals surface area contributed by atoms with Crippen LogP contribution in [0.5, 0.6) is 0 Å². The van der Waals surface area contributed by atoms with Crippen LogP contribution in [-0.2, 0) is 16.1 Å². The van der Waals surface area contributed by atoms with Crippen molar-refractivity contribution in [2.75, 3.05) is 0 Å². The molecule has 1 N–H and O–H groups in total. The molecule has 1 rings (SSSR count). The van der Waals surface area contributed by atoms with Gasteiger partial charge >= 0.3 is 5.97 Å². The molecule has 0 saturated heterocycles. The zero-order chi connectivity index (χ0) is 15.0. The molecule has 20 heavy (non-hydrogen) atoms. The molecule has 0 bridgehead atoms. The smallest absolute Gasteiger partial charge is 0.326 e. The van der Waals surface area contributed by atoms with Crippen LogP contribution in [0.25, 0.3) is 0 Å². The molecule has 0 aliphatic carbocycles. The molecule has 1 atom stereocenters. The monoisotopic (exact) mass is 275 g/mol. The summed E-state index contributed by atoms with van der Waals surface area (Å²) in [6, 6.07) is 8.99. The minimum atomic E-state index is -0.870. The molecule has 0 aromatic heterocycles. The predicted molar refractivity (Wildman–Crippen MR) is 78.1 cm³/mol. The second-order valence-electron chi connectivity index (χ2n) is 5.12. The van der Waals surface area contributed by atoms with E-state index < -0.39 is 12.0 Å². The molecule has 0 spiro atoms. The molecule has 0 unspecified atom stereocenters. The van der Waals surface area contributed by atoms with Crippen molar-refractivity contribution >= 4 is 12.3 Å². The number of aliphatic carboxylic acids is 1. The van der Waals surface area contributed by atoms with Crippen molar-refractivity contribution in [2.24, 2.45) is 5.92 Å². The quantitative estimate of drug-likeness (QED) is 0.585. The number of hydrogen-bond acceptors (Lipinski definition) is 3. The maximum absolute atomic E-state index is 11.5. The second kappa shape index (κ2) is 8.15. The molecule has 0 aliphatic heterocycles. The summed E-state index contributed by atoms with van der Waals surface area (Å²) in [5, 5.41) is 9.41. The number of hydrogen-bond donors (Lipinski definition) is 1. The summed E-state index contributed by atoms with van der Waals surface area (Å²) in [5.74, 6) is -0.607. The highest BCUT2D eigenvalue weighted by molar-refractivity contribution is 5.74. The number of rotatable bonds is 8. The average molecular weight is 275 g/mol. The minimum Gasteiger partial charge on any atom is -0.480 e. The molecule has 4 heteroatoms. The summed E-state index contributed by atoms with van der Waals surface area (Å²) in [4.78, 5) is 23.7. The Labute approximate surface area is 119 Å². The fourth-order valence-corrected chi connectivity index (χ4v) is 2.03. The first kappa shape index (κ1) is 16.0. The first-order valence-corrected chi connectivity index (χ1v) is 6.69. The molecule has 0 radical (unpaired) electrons. The Kier molecular flexibility index (Phi) is 6.50. The van der Waals surface area contributed by atoms with Crippen molar-refractivity contribution in [2.45, 2.75) is 32.9 Å². The van der Waals surface area contributed by atoms with Gasteiger partial charge < -0.3 is 10.0 Å². The Morgan fingerprint density at radius 2 is 1.95 bits per heavy atom. The van der Waals surface area contributed by atoms with Crippen molar-refractivity contribution < 1.29 is 14.7 Å². The standard InChI is InChI=1S/C16H21NO3/c1-13(2)11-15(16(19)20)17(9-6-10-18)12-14-7-4-3-5-8-14/h3-10,13,15H,11-12H2,1-2H3,(H,19,20)/t15-/m1/s1. The lowest BCUT2D eigenvalue weighted by molar-refractivity contribution is -0.143. The zero-order valence-corrected chi connectivity index (χ0v) is 11.9. The van der Waals surface area contributed by atoms with Gasteiger partial charge in [0.2, 0.25) is 0 Å². The van der Waals surface area contributed by atoms with Crippen LogP contribution in [0.2, 0.25) is 0 Å². The molecule has 4 nitrogen and oxygen atoms in total. The van der Waals surface area contributed by atoms with Crippen molar-refractivity contribution in [1.82, 2.24) is 4.90 Å². The van der Waals surface area contributed by atoms with E-state index in [1.54, 1.807) is 11.1 Å². The van der Waals surface area contributed by atoms with E-state index in [1.165, 1.54) is 6.08 Å². The number of nitrogens with zero attached hydrogens (tertiary/aromatic N) is 1. The van der Waals surface area contributed by atoms with Crippen molar-refractivity contribution in [3.8, 4) is 0 Å². The number of aldehydes is 1. The highest BCUT2D eigenvalue weighted by Crippen LogP contribution is 2.16. The molecular formula is C16H21NO3. The molecule has 0 amide bonds. The van der Waals surface area contributed by atoms with E-state index in [0.717, 1.165) is 5.56 Å². The van der Waals surface area contributed by atoms with E-state index >= 15 is 0 Å². The van der Waals surface area contributed by atoms with Crippen molar-refractivity contribution in [3.63, 3.8) is 0 Å². The molecule has 0 aliphatic rings. The van der Waals surface area contributed by atoms with E-state index in [9.17, 15) is 14.7 Å². The molecule has 0 fully saturated rings. The Bertz CT molecular complexity index is 454.